The average Bonchev–Trinajstić information content (AvgIpc) is 2.79. The molecule has 4 rings (SSSR count). The van der Waals surface area contributed by atoms with Crippen LogP contribution in [0.5, 0.6) is 0 Å². The molecule has 2 aromatic rings. The molecule has 1 heterocycles. The minimum Gasteiger partial charge on any atom is -0.353 e. The van der Waals surface area contributed by atoms with Crippen LogP contribution in [0.4, 0.5) is 0 Å². The molecule has 1 aromatic carbocycles. The van der Waals surface area contributed by atoms with Gasteiger partial charge in [-0.25, -0.2) is 13.1 Å². The Morgan fingerprint density at radius 3 is 2.55 bits per heavy atom. The van der Waals surface area contributed by atoms with Crippen molar-refractivity contribution in [1.29, 1.82) is 0 Å². The van der Waals surface area contributed by atoms with Gasteiger partial charge in [0.15, 0.2) is 0 Å². The van der Waals surface area contributed by atoms with Gasteiger partial charge in [-0.2, -0.15) is 0 Å². The van der Waals surface area contributed by atoms with Gasteiger partial charge in [-0.3, -0.25) is 9.78 Å². The van der Waals surface area contributed by atoms with Gasteiger partial charge in [0.25, 0.3) is 0 Å². The first-order valence-corrected chi connectivity index (χ1v) is 13.1. The molecule has 2 fully saturated rings. The summed E-state index contributed by atoms with van der Waals surface area (Å²) in [6.07, 6.45) is 9.77. The fraction of sp³-hybridized carbons (Fsp3) is 0.583. The van der Waals surface area contributed by atoms with Crippen LogP contribution in [-0.2, 0) is 14.8 Å². The molecule has 6 nitrogen and oxygen atoms in total. The summed E-state index contributed by atoms with van der Waals surface area (Å²) in [7, 11) is -3.63. The number of para-hydroxylation sites is 1. The van der Waals surface area contributed by atoms with E-state index in [1.165, 1.54) is 19.3 Å². The highest BCUT2D eigenvalue weighted by atomic mass is 32.2. The monoisotopic (exact) mass is 443 g/mol. The lowest BCUT2D eigenvalue weighted by molar-refractivity contribution is -0.127. The number of carbonyl (C=O) groups excluding carboxylic acids is 1. The Morgan fingerprint density at radius 2 is 1.77 bits per heavy atom. The zero-order valence-corrected chi connectivity index (χ0v) is 19.0. The van der Waals surface area contributed by atoms with E-state index >= 15 is 0 Å². The van der Waals surface area contributed by atoms with E-state index in [0.717, 1.165) is 37.5 Å². The van der Waals surface area contributed by atoms with E-state index in [9.17, 15) is 13.2 Å². The maximum atomic E-state index is 12.9. The van der Waals surface area contributed by atoms with E-state index < -0.39 is 10.0 Å². The maximum absolute atomic E-state index is 12.9. The molecular weight excluding hydrogens is 410 g/mol. The van der Waals surface area contributed by atoms with Gasteiger partial charge >= 0.3 is 0 Å². The second-order valence-electron chi connectivity index (χ2n) is 9.28. The summed E-state index contributed by atoms with van der Waals surface area (Å²) in [4.78, 5) is 17.2. The van der Waals surface area contributed by atoms with Crippen LogP contribution in [0.3, 0.4) is 0 Å². The Labute approximate surface area is 185 Å². The van der Waals surface area contributed by atoms with Crippen molar-refractivity contribution in [2.75, 3.05) is 6.54 Å². The highest BCUT2D eigenvalue weighted by Crippen LogP contribution is 2.30. The number of carbonyl (C=O) groups is 1. The van der Waals surface area contributed by atoms with Gasteiger partial charge in [0, 0.05) is 30.1 Å². The zero-order valence-electron chi connectivity index (χ0n) is 18.2. The van der Waals surface area contributed by atoms with Crippen LogP contribution < -0.4 is 10.0 Å². The third-order valence-corrected chi connectivity index (χ3v) is 8.56. The maximum Gasteiger partial charge on any atom is 0.242 e. The molecular formula is C24H33N3O3S. The summed E-state index contributed by atoms with van der Waals surface area (Å²) >= 11 is 0. The standard InChI is InChI=1S/C24H33N3O3S/c1-17-6-2-3-9-21(17)27-24(28)20-13-11-18(12-14-20)16-26-31(29,30)22-10-4-7-19-8-5-15-25-23(19)22/h4-5,7-8,10,15,17-18,20-21,26H,2-3,6,9,11-14,16H2,1H3,(H,27,28)/t17-,18?,20?,21-/m1/s1. The summed E-state index contributed by atoms with van der Waals surface area (Å²) < 4.78 is 28.6. The number of hydrogen-bond acceptors (Lipinski definition) is 4. The van der Waals surface area contributed by atoms with Gasteiger partial charge in [-0.1, -0.05) is 38.0 Å². The summed E-state index contributed by atoms with van der Waals surface area (Å²) in [6, 6.07) is 9.19. The molecule has 31 heavy (non-hydrogen) atoms. The summed E-state index contributed by atoms with van der Waals surface area (Å²) in [5.41, 5.74) is 0.495. The highest BCUT2D eigenvalue weighted by Gasteiger charge is 2.30. The fourth-order valence-electron chi connectivity index (χ4n) is 5.06. The van der Waals surface area contributed by atoms with E-state index in [1.807, 2.05) is 12.1 Å². The molecule has 0 unspecified atom stereocenters. The molecule has 0 spiro atoms. The van der Waals surface area contributed by atoms with Crippen molar-refractivity contribution in [3.8, 4) is 0 Å². The molecule has 1 aromatic heterocycles. The molecule has 2 aliphatic rings. The van der Waals surface area contributed by atoms with Crippen molar-refractivity contribution >= 4 is 26.8 Å². The Kier molecular flexibility index (Phi) is 6.92. The third kappa shape index (κ3) is 5.26. The van der Waals surface area contributed by atoms with Crippen molar-refractivity contribution in [3.05, 3.63) is 36.5 Å². The normalized spacial score (nSPS) is 27.1. The van der Waals surface area contributed by atoms with Gasteiger partial charge in [0.1, 0.15) is 4.90 Å². The minimum atomic E-state index is -3.63. The topological polar surface area (TPSA) is 88.2 Å². The van der Waals surface area contributed by atoms with Gasteiger partial charge in [-0.05, 0) is 62.5 Å². The fourth-order valence-corrected chi connectivity index (χ4v) is 6.35. The van der Waals surface area contributed by atoms with Crippen LogP contribution in [-0.4, -0.2) is 31.9 Å². The number of aromatic nitrogens is 1. The number of nitrogens with zero attached hydrogens (tertiary/aromatic N) is 1. The first kappa shape index (κ1) is 22.2. The molecule has 168 valence electrons. The molecule has 0 bridgehead atoms. The molecule has 2 atom stereocenters. The number of nitrogens with one attached hydrogen (secondary N) is 2. The lowest BCUT2D eigenvalue weighted by Crippen LogP contribution is -2.44. The Hall–Kier alpha value is -1.99. The second-order valence-corrected chi connectivity index (χ2v) is 11.0. The Balaban J connectivity index is 1.29. The molecule has 0 aliphatic heterocycles. The van der Waals surface area contributed by atoms with E-state index in [-0.39, 0.29) is 22.6 Å². The molecule has 0 radical (unpaired) electrons. The van der Waals surface area contributed by atoms with E-state index in [2.05, 4.69) is 21.9 Å². The molecule has 2 saturated carbocycles. The number of amides is 1. The number of pyridine rings is 1. The minimum absolute atomic E-state index is 0.0595. The van der Waals surface area contributed by atoms with Crippen molar-refractivity contribution in [2.45, 2.75) is 69.2 Å². The van der Waals surface area contributed by atoms with Crippen LogP contribution in [0.1, 0.15) is 58.3 Å². The SMILES string of the molecule is C[C@@H]1CCCC[C@H]1NC(=O)C1CCC(CNS(=O)(=O)c2cccc3cccnc23)CC1. The molecule has 7 heteroatoms. The zero-order chi connectivity index (χ0) is 21.8. The van der Waals surface area contributed by atoms with Gasteiger partial charge in [0.05, 0.1) is 5.52 Å². The van der Waals surface area contributed by atoms with Crippen molar-refractivity contribution in [2.24, 2.45) is 17.8 Å². The van der Waals surface area contributed by atoms with Gasteiger partial charge in [-0.15, -0.1) is 0 Å². The smallest absolute Gasteiger partial charge is 0.242 e. The molecule has 0 saturated heterocycles. The summed E-state index contributed by atoms with van der Waals surface area (Å²) in [5.74, 6) is 1.08. The van der Waals surface area contributed by atoms with Crippen LogP contribution in [0.2, 0.25) is 0 Å². The summed E-state index contributed by atoms with van der Waals surface area (Å²) in [5, 5.41) is 4.10. The lowest BCUT2D eigenvalue weighted by Gasteiger charge is -2.33. The first-order chi connectivity index (χ1) is 14.9. The lowest BCUT2D eigenvalue weighted by atomic mass is 9.80. The number of sulfonamides is 1. The van der Waals surface area contributed by atoms with Crippen LogP contribution in [0.15, 0.2) is 41.4 Å². The van der Waals surface area contributed by atoms with Crippen molar-refractivity contribution in [1.82, 2.24) is 15.0 Å². The van der Waals surface area contributed by atoms with Crippen LogP contribution in [0, 0.1) is 17.8 Å². The first-order valence-electron chi connectivity index (χ1n) is 11.6. The Morgan fingerprint density at radius 1 is 1.03 bits per heavy atom. The van der Waals surface area contributed by atoms with Crippen molar-refractivity contribution in [3.63, 3.8) is 0 Å². The highest BCUT2D eigenvalue weighted by molar-refractivity contribution is 7.89. The predicted molar refractivity (Wildman–Crippen MR) is 122 cm³/mol. The quantitative estimate of drug-likeness (QED) is 0.706. The number of fused-ring (bicyclic) bond motifs is 1. The van der Waals surface area contributed by atoms with Crippen LogP contribution in [0.25, 0.3) is 10.9 Å². The van der Waals surface area contributed by atoms with E-state index in [4.69, 9.17) is 0 Å². The molecule has 2 aliphatic carbocycles. The molecule has 1 amide bonds. The van der Waals surface area contributed by atoms with E-state index in [0.29, 0.717) is 24.0 Å². The number of hydrogen-bond donors (Lipinski definition) is 2. The van der Waals surface area contributed by atoms with Gasteiger partial charge < -0.3 is 5.32 Å². The Bertz CT molecular complexity index is 1010. The summed E-state index contributed by atoms with van der Waals surface area (Å²) in [6.45, 7) is 2.64. The van der Waals surface area contributed by atoms with Crippen LogP contribution >= 0.6 is 0 Å². The third-order valence-electron chi connectivity index (χ3n) is 7.10. The van der Waals surface area contributed by atoms with Gasteiger partial charge in [0.2, 0.25) is 15.9 Å². The number of rotatable bonds is 6. The number of benzene rings is 1. The molecule has 2 N–H and O–H groups in total. The largest absolute Gasteiger partial charge is 0.353 e. The van der Waals surface area contributed by atoms with E-state index in [1.54, 1.807) is 24.4 Å². The average molecular weight is 444 g/mol. The predicted octanol–water partition coefficient (Wildman–Crippen LogP) is 4.01. The second kappa shape index (κ2) is 9.65. The van der Waals surface area contributed by atoms with Crippen molar-refractivity contribution < 1.29 is 13.2 Å².